The van der Waals surface area contributed by atoms with Gasteiger partial charge in [-0.1, -0.05) is 18.2 Å². The van der Waals surface area contributed by atoms with Gasteiger partial charge in [0.05, 0.1) is 0 Å². The number of anilines is 1. The van der Waals surface area contributed by atoms with E-state index < -0.39 is 11.1 Å². The van der Waals surface area contributed by atoms with Gasteiger partial charge in [0.25, 0.3) is 0 Å². The normalized spacial score (nSPS) is 22.9. The molecule has 0 saturated carbocycles. The maximum Gasteiger partial charge on any atom is 0.240 e. The SMILES string of the molecule is C#CCCC1(CCNC(=O)C2(C)Cc3ccccc3NC2=O)N=N1. The third-order valence-electron chi connectivity index (χ3n) is 4.68. The van der Waals surface area contributed by atoms with Crippen molar-refractivity contribution in [3.8, 4) is 12.3 Å². The predicted molar refractivity (Wildman–Crippen MR) is 90.2 cm³/mol. The highest BCUT2D eigenvalue weighted by atomic mass is 16.2. The fraction of sp³-hybridized carbons (Fsp3) is 0.444. The first-order valence-corrected chi connectivity index (χ1v) is 8.04. The number of nitrogens with one attached hydrogen (secondary N) is 2. The molecule has 0 bridgehead atoms. The van der Waals surface area contributed by atoms with Crippen LogP contribution in [0.25, 0.3) is 0 Å². The first kappa shape index (κ1) is 16.2. The van der Waals surface area contributed by atoms with Crippen LogP contribution in [0.15, 0.2) is 34.5 Å². The van der Waals surface area contributed by atoms with E-state index in [4.69, 9.17) is 6.42 Å². The van der Waals surface area contributed by atoms with Crippen LogP contribution >= 0.6 is 0 Å². The van der Waals surface area contributed by atoms with Gasteiger partial charge >= 0.3 is 0 Å². The number of benzene rings is 1. The lowest BCUT2D eigenvalue weighted by Crippen LogP contribution is -2.51. The molecule has 0 fully saturated rings. The fourth-order valence-electron chi connectivity index (χ4n) is 2.94. The van der Waals surface area contributed by atoms with Crippen LogP contribution < -0.4 is 10.6 Å². The molecule has 0 aliphatic carbocycles. The summed E-state index contributed by atoms with van der Waals surface area (Å²) in [6.45, 7) is 2.09. The number of hydrogen-bond acceptors (Lipinski definition) is 4. The lowest BCUT2D eigenvalue weighted by molar-refractivity contribution is -0.139. The summed E-state index contributed by atoms with van der Waals surface area (Å²) < 4.78 is 0. The molecule has 0 radical (unpaired) electrons. The molecule has 6 heteroatoms. The van der Waals surface area contributed by atoms with Crippen molar-refractivity contribution in [1.29, 1.82) is 0 Å². The molecule has 24 heavy (non-hydrogen) atoms. The second-order valence-electron chi connectivity index (χ2n) is 6.51. The van der Waals surface area contributed by atoms with E-state index in [1.165, 1.54) is 0 Å². The van der Waals surface area contributed by atoms with E-state index in [0.29, 0.717) is 32.2 Å². The van der Waals surface area contributed by atoms with Crippen molar-refractivity contribution < 1.29 is 9.59 Å². The Kier molecular flexibility index (Phi) is 4.10. The molecule has 0 spiro atoms. The number of fused-ring (bicyclic) bond motifs is 1. The zero-order chi connectivity index (χ0) is 17.2. The molecule has 0 aromatic heterocycles. The summed E-state index contributed by atoms with van der Waals surface area (Å²) in [6.07, 6.45) is 7.56. The second-order valence-corrected chi connectivity index (χ2v) is 6.51. The Hall–Kier alpha value is -2.68. The maximum absolute atomic E-state index is 12.6. The van der Waals surface area contributed by atoms with E-state index in [2.05, 4.69) is 26.8 Å². The van der Waals surface area contributed by atoms with Gasteiger partial charge in [0.1, 0.15) is 5.41 Å². The molecule has 1 aromatic carbocycles. The van der Waals surface area contributed by atoms with E-state index in [1.54, 1.807) is 6.92 Å². The highest BCUT2D eigenvalue weighted by molar-refractivity contribution is 6.12. The summed E-state index contributed by atoms with van der Waals surface area (Å²) in [4.78, 5) is 25.0. The van der Waals surface area contributed by atoms with E-state index in [1.807, 2.05) is 24.3 Å². The largest absolute Gasteiger partial charge is 0.355 e. The number of carbonyl (C=O) groups excluding carboxylic acids is 2. The predicted octanol–water partition coefficient (Wildman–Crippen LogP) is 2.27. The molecule has 1 atom stereocenters. The van der Waals surface area contributed by atoms with Crippen LogP contribution in [0.2, 0.25) is 0 Å². The summed E-state index contributed by atoms with van der Waals surface area (Å²) in [7, 11) is 0. The van der Waals surface area contributed by atoms with Crippen LogP contribution in [-0.2, 0) is 16.0 Å². The lowest BCUT2D eigenvalue weighted by atomic mass is 9.78. The van der Waals surface area contributed by atoms with Crippen molar-refractivity contribution in [2.24, 2.45) is 15.6 Å². The van der Waals surface area contributed by atoms with Gasteiger partial charge in [-0.25, -0.2) is 0 Å². The van der Waals surface area contributed by atoms with Gasteiger partial charge in [0.15, 0.2) is 5.66 Å². The number of hydrogen-bond donors (Lipinski definition) is 2. The Labute approximate surface area is 141 Å². The second kappa shape index (κ2) is 6.08. The third-order valence-corrected chi connectivity index (χ3v) is 4.68. The Morgan fingerprint density at radius 2 is 2.12 bits per heavy atom. The molecule has 2 aliphatic heterocycles. The topological polar surface area (TPSA) is 82.9 Å². The summed E-state index contributed by atoms with van der Waals surface area (Å²) in [5, 5.41) is 13.8. The zero-order valence-corrected chi connectivity index (χ0v) is 13.6. The molecule has 124 valence electrons. The Morgan fingerprint density at radius 3 is 2.83 bits per heavy atom. The van der Waals surface area contributed by atoms with E-state index in [-0.39, 0.29) is 11.8 Å². The summed E-state index contributed by atoms with van der Waals surface area (Å²) in [5.41, 5.74) is 0.198. The number of terminal acetylenes is 1. The average Bonchev–Trinajstić information content (AvgIpc) is 3.34. The van der Waals surface area contributed by atoms with E-state index >= 15 is 0 Å². The van der Waals surface area contributed by atoms with Crippen LogP contribution in [0.5, 0.6) is 0 Å². The molecule has 0 saturated heterocycles. The smallest absolute Gasteiger partial charge is 0.240 e. The van der Waals surface area contributed by atoms with E-state index in [9.17, 15) is 9.59 Å². The number of para-hydroxylation sites is 1. The molecule has 2 aliphatic rings. The quantitative estimate of drug-likeness (QED) is 0.621. The molecular weight excluding hydrogens is 304 g/mol. The van der Waals surface area contributed by atoms with Gasteiger partial charge in [-0.3, -0.25) is 9.59 Å². The summed E-state index contributed by atoms with van der Waals surface area (Å²) in [6, 6.07) is 7.53. The molecule has 2 heterocycles. The molecular formula is C18H20N4O2. The number of amides is 2. The van der Waals surface area contributed by atoms with Crippen molar-refractivity contribution in [3.05, 3.63) is 29.8 Å². The van der Waals surface area contributed by atoms with Crippen LogP contribution in [0.1, 0.15) is 31.7 Å². The van der Waals surface area contributed by atoms with Crippen molar-refractivity contribution in [3.63, 3.8) is 0 Å². The first-order valence-electron chi connectivity index (χ1n) is 8.04. The van der Waals surface area contributed by atoms with Crippen molar-refractivity contribution in [2.45, 2.75) is 38.3 Å². The number of carbonyl (C=O) groups is 2. The fourth-order valence-corrected chi connectivity index (χ4v) is 2.94. The van der Waals surface area contributed by atoms with Crippen molar-refractivity contribution in [1.82, 2.24) is 5.32 Å². The van der Waals surface area contributed by atoms with Gasteiger partial charge in [-0.05, 0) is 25.0 Å². The van der Waals surface area contributed by atoms with Crippen LogP contribution in [-0.4, -0.2) is 24.0 Å². The maximum atomic E-state index is 12.6. The molecule has 1 aromatic rings. The minimum absolute atomic E-state index is 0.276. The monoisotopic (exact) mass is 324 g/mol. The minimum Gasteiger partial charge on any atom is -0.355 e. The third kappa shape index (κ3) is 3.02. The molecule has 3 rings (SSSR count). The number of rotatable bonds is 6. The zero-order valence-electron chi connectivity index (χ0n) is 13.6. The Bertz CT molecular complexity index is 744. The van der Waals surface area contributed by atoms with Crippen molar-refractivity contribution in [2.75, 3.05) is 11.9 Å². The van der Waals surface area contributed by atoms with Gasteiger partial charge in [0.2, 0.25) is 11.8 Å². The van der Waals surface area contributed by atoms with Crippen LogP contribution in [0.3, 0.4) is 0 Å². The first-order chi connectivity index (χ1) is 11.5. The molecule has 2 N–H and O–H groups in total. The van der Waals surface area contributed by atoms with Crippen molar-refractivity contribution >= 4 is 17.5 Å². The lowest BCUT2D eigenvalue weighted by Gasteiger charge is -2.32. The van der Waals surface area contributed by atoms with E-state index in [0.717, 1.165) is 11.3 Å². The Balaban J connectivity index is 1.59. The molecule has 6 nitrogen and oxygen atoms in total. The highest BCUT2D eigenvalue weighted by Gasteiger charge is 2.45. The minimum atomic E-state index is -1.11. The van der Waals surface area contributed by atoms with Gasteiger partial charge in [-0.15, -0.1) is 12.3 Å². The number of nitrogens with zero attached hydrogens (tertiary/aromatic N) is 2. The van der Waals surface area contributed by atoms with Gasteiger partial charge in [0, 0.05) is 31.5 Å². The van der Waals surface area contributed by atoms with Gasteiger partial charge in [-0.2, -0.15) is 10.2 Å². The average molecular weight is 324 g/mol. The van der Waals surface area contributed by atoms with Crippen LogP contribution in [0, 0.1) is 17.8 Å². The summed E-state index contributed by atoms with van der Waals surface area (Å²) in [5.74, 6) is 2.02. The van der Waals surface area contributed by atoms with Crippen LogP contribution in [0.4, 0.5) is 5.69 Å². The molecule has 1 unspecified atom stereocenters. The standard InChI is InChI=1S/C18H20N4O2/c1-3-4-9-18(21-22-18)10-11-19-15(23)17(2)12-13-7-5-6-8-14(13)20-16(17)24/h1,5-8H,4,9-12H2,2H3,(H,19,23)(H,20,24). The Morgan fingerprint density at radius 1 is 1.38 bits per heavy atom. The molecule has 2 amide bonds. The van der Waals surface area contributed by atoms with Gasteiger partial charge < -0.3 is 10.6 Å². The highest BCUT2D eigenvalue weighted by Crippen LogP contribution is 2.37. The summed E-state index contributed by atoms with van der Waals surface area (Å²) >= 11 is 0.